The lowest BCUT2D eigenvalue weighted by molar-refractivity contribution is 0.0518. The first-order chi connectivity index (χ1) is 5.97. The molecule has 4 heteroatoms. The van der Waals surface area contributed by atoms with Crippen LogP contribution in [0.5, 0.6) is 0 Å². The van der Waals surface area contributed by atoms with Crippen molar-refractivity contribution in [2.24, 2.45) is 0 Å². The van der Waals surface area contributed by atoms with Crippen LogP contribution in [0.3, 0.4) is 0 Å². The Morgan fingerprint density at radius 1 is 1.33 bits per heavy atom. The molecule has 68 valence electrons. The van der Waals surface area contributed by atoms with E-state index in [2.05, 4.69) is 21.7 Å². The van der Waals surface area contributed by atoms with E-state index in [9.17, 15) is 0 Å². The number of hydrogen-bond donors (Lipinski definition) is 2. The minimum Gasteiger partial charge on any atom is -0.378 e. The zero-order valence-electron chi connectivity index (χ0n) is 7.18. The molecule has 0 aromatic heterocycles. The van der Waals surface area contributed by atoms with E-state index in [-0.39, 0.29) is 0 Å². The first kappa shape index (κ1) is 7.89. The van der Waals surface area contributed by atoms with Crippen molar-refractivity contribution >= 4 is 0 Å². The number of rotatable bonds is 1. The van der Waals surface area contributed by atoms with Crippen LogP contribution in [-0.2, 0) is 4.74 Å². The summed E-state index contributed by atoms with van der Waals surface area (Å²) in [4.78, 5) is 2.36. The average molecular weight is 169 g/mol. The molecule has 0 saturated carbocycles. The molecule has 0 atom stereocenters. The number of nitrogens with one attached hydrogen (secondary N) is 2. The molecule has 0 amide bonds. The van der Waals surface area contributed by atoms with Crippen LogP contribution in [0.1, 0.15) is 0 Å². The van der Waals surface area contributed by atoms with Crippen LogP contribution in [-0.4, -0.2) is 44.4 Å². The summed E-state index contributed by atoms with van der Waals surface area (Å²) in [5, 5.41) is 6.45. The molecule has 0 aromatic carbocycles. The molecule has 2 rings (SSSR count). The highest BCUT2D eigenvalue weighted by atomic mass is 16.5. The molecular formula is C8H15N3O. The van der Waals surface area contributed by atoms with Crippen LogP contribution in [0, 0.1) is 0 Å². The molecule has 0 aromatic rings. The Kier molecular flexibility index (Phi) is 2.48. The standard InChI is InChI=1S/C8H15N3O/c1-3-12-4-2-11(1)8-5-9-7-10-6-8/h5,9-10H,1-4,6-7H2. The lowest BCUT2D eigenvalue weighted by atomic mass is 10.3. The largest absolute Gasteiger partial charge is 0.378 e. The molecule has 4 nitrogen and oxygen atoms in total. The molecule has 1 saturated heterocycles. The minimum atomic E-state index is 0.858. The Balaban J connectivity index is 1.92. The second-order valence-corrected chi connectivity index (χ2v) is 3.04. The number of nitrogens with zero attached hydrogens (tertiary/aromatic N) is 1. The minimum absolute atomic E-state index is 0.858. The van der Waals surface area contributed by atoms with Gasteiger partial charge in [0.15, 0.2) is 0 Å². The van der Waals surface area contributed by atoms with E-state index in [1.54, 1.807) is 0 Å². The maximum absolute atomic E-state index is 5.28. The SMILES string of the molecule is C1=C(N2CCOCC2)CNCN1. The summed E-state index contributed by atoms with van der Waals surface area (Å²) < 4.78 is 5.28. The Morgan fingerprint density at radius 2 is 2.17 bits per heavy atom. The Labute approximate surface area is 72.6 Å². The fraction of sp³-hybridized carbons (Fsp3) is 0.750. The van der Waals surface area contributed by atoms with Gasteiger partial charge in [-0.05, 0) is 0 Å². The summed E-state index contributed by atoms with van der Waals surface area (Å²) in [6, 6.07) is 0. The number of ether oxygens (including phenoxy) is 1. The molecule has 0 aliphatic carbocycles. The molecule has 0 spiro atoms. The molecule has 2 N–H and O–H groups in total. The lowest BCUT2D eigenvalue weighted by Crippen LogP contribution is -2.43. The van der Waals surface area contributed by atoms with E-state index < -0.39 is 0 Å². The van der Waals surface area contributed by atoms with Gasteiger partial charge in [0.25, 0.3) is 0 Å². The van der Waals surface area contributed by atoms with Gasteiger partial charge < -0.3 is 15.0 Å². The number of hydrogen-bond acceptors (Lipinski definition) is 4. The summed E-state index contributed by atoms with van der Waals surface area (Å²) in [6.07, 6.45) is 2.10. The van der Waals surface area contributed by atoms with Gasteiger partial charge in [-0.15, -0.1) is 0 Å². The van der Waals surface area contributed by atoms with Gasteiger partial charge in [0, 0.05) is 31.5 Å². The third-order valence-corrected chi connectivity index (χ3v) is 2.22. The van der Waals surface area contributed by atoms with Gasteiger partial charge in [-0.3, -0.25) is 5.32 Å². The Bertz CT molecular complexity index is 175. The highest BCUT2D eigenvalue weighted by molar-refractivity contribution is 5.05. The first-order valence-corrected chi connectivity index (χ1v) is 4.42. The second kappa shape index (κ2) is 3.78. The normalized spacial score (nSPS) is 24.7. The van der Waals surface area contributed by atoms with E-state index in [1.807, 2.05) is 0 Å². The second-order valence-electron chi connectivity index (χ2n) is 3.04. The van der Waals surface area contributed by atoms with Crippen LogP contribution in [0.15, 0.2) is 11.9 Å². The highest BCUT2D eigenvalue weighted by Gasteiger charge is 2.14. The van der Waals surface area contributed by atoms with E-state index in [4.69, 9.17) is 4.74 Å². The summed E-state index contributed by atoms with van der Waals surface area (Å²) >= 11 is 0. The van der Waals surface area contributed by atoms with Crippen molar-refractivity contribution in [3.63, 3.8) is 0 Å². The van der Waals surface area contributed by atoms with Gasteiger partial charge in [-0.1, -0.05) is 0 Å². The molecule has 2 aliphatic heterocycles. The zero-order chi connectivity index (χ0) is 8.23. The van der Waals surface area contributed by atoms with Gasteiger partial charge in [0.1, 0.15) is 0 Å². The maximum atomic E-state index is 5.28. The smallest absolute Gasteiger partial charge is 0.0651 e. The van der Waals surface area contributed by atoms with Crippen molar-refractivity contribution in [3.05, 3.63) is 11.9 Å². The Hall–Kier alpha value is -0.740. The van der Waals surface area contributed by atoms with Crippen molar-refractivity contribution in [1.29, 1.82) is 0 Å². The van der Waals surface area contributed by atoms with Crippen molar-refractivity contribution in [2.75, 3.05) is 39.5 Å². The van der Waals surface area contributed by atoms with E-state index in [1.165, 1.54) is 5.70 Å². The molecule has 0 unspecified atom stereocenters. The molecule has 12 heavy (non-hydrogen) atoms. The Morgan fingerprint density at radius 3 is 2.83 bits per heavy atom. The molecule has 2 aliphatic rings. The fourth-order valence-electron chi connectivity index (χ4n) is 1.54. The number of morpholine rings is 1. The summed E-state index contributed by atoms with van der Waals surface area (Å²) in [5.41, 5.74) is 1.35. The lowest BCUT2D eigenvalue weighted by Gasteiger charge is -2.32. The van der Waals surface area contributed by atoms with Crippen LogP contribution >= 0.6 is 0 Å². The van der Waals surface area contributed by atoms with Gasteiger partial charge in [-0.2, -0.15) is 0 Å². The predicted octanol–water partition coefficient (Wildman–Crippen LogP) is -0.690. The van der Waals surface area contributed by atoms with Crippen LogP contribution < -0.4 is 10.6 Å². The van der Waals surface area contributed by atoms with Crippen molar-refractivity contribution in [1.82, 2.24) is 15.5 Å². The van der Waals surface area contributed by atoms with Gasteiger partial charge >= 0.3 is 0 Å². The highest BCUT2D eigenvalue weighted by Crippen LogP contribution is 2.06. The maximum Gasteiger partial charge on any atom is 0.0651 e. The summed E-state index contributed by atoms with van der Waals surface area (Å²) in [7, 11) is 0. The summed E-state index contributed by atoms with van der Waals surface area (Å²) in [6.45, 7) is 5.62. The fourth-order valence-corrected chi connectivity index (χ4v) is 1.54. The zero-order valence-corrected chi connectivity index (χ0v) is 7.18. The van der Waals surface area contributed by atoms with E-state index >= 15 is 0 Å². The van der Waals surface area contributed by atoms with Crippen molar-refractivity contribution in [3.8, 4) is 0 Å². The van der Waals surface area contributed by atoms with Gasteiger partial charge in [0.2, 0.25) is 0 Å². The van der Waals surface area contributed by atoms with Crippen LogP contribution in [0.2, 0.25) is 0 Å². The third-order valence-electron chi connectivity index (χ3n) is 2.22. The topological polar surface area (TPSA) is 36.5 Å². The quantitative estimate of drug-likeness (QED) is 0.545. The predicted molar refractivity (Wildman–Crippen MR) is 46.5 cm³/mol. The molecule has 2 heterocycles. The van der Waals surface area contributed by atoms with Crippen molar-refractivity contribution in [2.45, 2.75) is 0 Å². The van der Waals surface area contributed by atoms with E-state index in [0.717, 1.165) is 39.5 Å². The molecule has 0 radical (unpaired) electrons. The molecule has 1 fully saturated rings. The van der Waals surface area contributed by atoms with Crippen LogP contribution in [0.25, 0.3) is 0 Å². The van der Waals surface area contributed by atoms with E-state index in [0.29, 0.717) is 0 Å². The molecule has 0 bridgehead atoms. The first-order valence-electron chi connectivity index (χ1n) is 4.42. The third kappa shape index (κ3) is 1.70. The van der Waals surface area contributed by atoms with Crippen LogP contribution in [0.4, 0.5) is 0 Å². The van der Waals surface area contributed by atoms with Crippen molar-refractivity contribution < 1.29 is 4.74 Å². The summed E-state index contributed by atoms with van der Waals surface area (Å²) in [5.74, 6) is 0. The van der Waals surface area contributed by atoms with Gasteiger partial charge in [0.05, 0.1) is 19.9 Å². The average Bonchev–Trinajstić information content (AvgIpc) is 2.21. The van der Waals surface area contributed by atoms with Gasteiger partial charge in [-0.25, -0.2) is 0 Å². The monoisotopic (exact) mass is 169 g/mol. The molecular weight excluding hydrogens is 154 g/mol.